The molecule has 0 aromatic carbocycles. The summed E-state index contributed by atoms with van der Waals surface area (Å²) in [5, 5.41) is 6.84. The summed E-state index contributed by atoms with van der Waals surface area (Å²) in [7, 11) is 0. The van der Waals surface area contributed by atoms with Gasteiger partial charge in [-0.3, -0.25) is 5.10 Å². The molecule has 18 heavy (non-hydrogen) atoms. The molecule has 0 amide bonds. The van der Waals surface area contributed by atoms with E-state index < -0.39 is 0 Å². The van der Waals surface area contributed by atoms with E-state index in [1.807, 2.05) is 0 Å². The predicted molar refractivity (Wildman–Crippen MR) is 68.5 cm³/mol. The molecule has 1 heterocycles. The first kappa shape index (κ1) is 11.0. The molecule has 4 bridgehead atoms. The van der Waals surface area contributed by atoms with Gasteiger partial charge in [-0.25, -0.2) is 4.98 Å². The molecule has 4 fully saturated rings. The van der Waals surface area contributed by atoms with Crippen LogP contribution < -0.4 is 5.73 Å². The normalized spacial score (nSPS) is 43.3. The zero-order chi connectivity index (χ0) is 12.1. The molecule has 1 aromatic heterocycles. The Morgan fingerprint density at radius 2 is 1.83 bits per heavy atom. The monoisotopic (exact) mass is 246 g/mol. The zero-order valence-electron chi connectivity index (χ0n) is 10.8. The Kier molecular flexibility index (Phi) is 2.47. The van der Waals surface area contributed by atoms with Crippen LogP contribution in [0.25, 0.3) is 0 Å². The Labute approximate surface area is 108 Å². The highest BCUT2D eigenvalue weighted by Crippen LogP contribution is 2.57. The minimum absolute atomic E-state index is 0.0510. The lowest BCUT2D eigenvalue weighted by Gasteiger charge is -2.55. The van der Waals surface area contributed by atoms with Crippen LogP contribution in [0, 0.1) is 29.6 Å². The number of nitrogens with one attached hydrogen (secondary N) is 1. The number of hydrogen-bond donors (Lipinski definition) is 2. The van der Waals surface area contributed by atoms with Gasteiger partial charge >= 0.3 is 0 Å². The van der Waals surface area contributed by atoms with Crippen LogP contribution in [-0.2, 0) is 0 Å². The van der Waals surface area contributed by atoms with Crippen LogP contribution in [0.1, 0.15) is 50.4 Å². The van der Waals surface area contributed by atoms with Crippen molar-refractivity contribution in [3.8, 4) is 0 Å². The van der Waals surface area contributed by atoms with Crippen LogP contribution in [0.15, 0.2) is 6.33 Å². The molecule has 1 aromatic rings. The van der Waals surface area contributed by atoms with E-state index in [-0.39, 0.29) is 6.04 Å². The van der Waals surface area contributed by atoms with E-state index in [0.29, 0.717) is 0 Å². The van der Waals surface area contributed by atoms with Gasteiger partial charge < -0.3 is 5.73 Å². The highest BCUT2D eigenvalue weighted by molar-refractivity contribution is 5.00. The summed E-state index contributed by atoms with van der Waals surface area (Å²) in [5.74, 6) is 5.71. The fourth-order valence-electron chi connectivity index (χ4n) is 5.22. The third-order valence-electron chi connectivity index (χ3n) is 5.73. The van der Waals surface area contributed by atoms with Crippen LogP contribution in [0.3, 0.4) is 0 Å². The topological polar surface area (TPSA) is 67.6 Å². The standard InChI is InChI=1S/C14H22N4/c15-13(14-16-7-17-18-14)6-12-10-2-8-1-9(4-10)5-11(12)3-8/h7-13H,1-6,15H2,(H,16,17,18). The van der Waals surface area contributed by atoms with Gasteiger partial charge in [0.25, 0.3) is 0 Å². The van der Waals surface area contributed by atoms with Gasteiger partial charge in [0.2, 0.25) is 0 Å². The van der Waals surface area contributed by atoms with Gasteiger partial charge in [0.05, 0.1) is 6.04 Å². The third-order valence-corrected chi connectivity index (χ3v) is 5.73. The number of rotatable bonds is 3. The third kappa shape index (κ3) is 1.69. The molecule has 98 valence electrons. The van der Waals surface area contributed by atoms with E-state index in [1.54, 1.807) is 6.33 Å². The lowest BCUT2D eigenvalue weighted by atomic mass is 9.51. The molecule has 3 N–H and O–H groups in total. The summed E-state index contributed by atoms with van der Waals surface area (Å²) >= 11 is 0. The smallest absolute Gasteiger partial charge is 0.141 e. The summed E-state index contributed by atoms with van der Waals surface area (Å²) in [6.45, 7) is 0. The van der Waals surface area contributed by atoms with E-state index in [9.17, 15) is 0 Å². The fraction of sp³-hybridized carbons (Fsp3) is 0.857. The molecular weight excluding hydrogens is 224 g/mol. The molecule has 4 nitrogen and oxygen atoms in total. The molecule has 4 aliphatic rings. The molecule has 0 spiro atoms. The van der Waals surface area contributed by atoms with E-state index in [1.165, 1.54) is 32.1 Å². The van der Waals surface area contributed by atoms with Crippen LogP contribution in [0.4, 0.5) is 0 Å². The zero-order valence-corrected chi connectivity index (χ0v) is 10.8. The van der Waals surface area contributed by atoms with Crippen LogP contribution >= 0.6 is 0 Å². The molecular formula is C14H22N4. The van der Waals surface area contributed by atoms with Crippen LogP contribution in [0.5, 0.6) is 0 Å². The predicted octanol–water partition coefficient (Wildman–Crippen LogP) is 2.27. The maximum absolute atomic E-state index is 6.29. The van der Waals surface area contributed by atoms with E-state index in [0.717, 1.165) is 41.8 Å². The fourth-order valence-corrected chi connectivity index (χ4v) is 5.22. The Morgan fingerprint density at radius 3 is 2.39 bits per heavy atom. The van der Waals surface area contributed by atoms with Gasteiger partial charge in [-0.2, -0.15) is 5.10 Å². The van der Waals surface area contributed by atoms with Crippen LogP contribution in [-0.4, -0.2) is 15.2 Å². The number of aromatic amines is 1. The van der Waals surface area contributed by atoms with E-state index in [2.05, 4.69) is 15.2 Å². The first-order valence-corrected chi connectivity index (χ1v) is 7.40. The first-order chi connectivity index (χ1) is 8.79. The van der Waals surface area contributed by atoms with Crippen molar-refractivity contribution < 1.29 is 0 Å². The highest BCUT2D eigenvalue weighted by atomic mass is 15.2. The largest absolute Gasteiger partial charge is 0.321 e. The second-order valence-corrected chi connectivity index (χ2v) is 6.81. The van der Waals surface area contributed by atoms with Gasteiger partial charge in [0.1, 0.15) is 12.2 Å². The highest BCUT2D eigenvalue weighted by Gasteiger charge is 2.48. The maximum Gasteiger partial charge on any atom is 0.141 e. The lowest BCUT2D eigenvalue weighted by Crippen LogP contribution is -2.45. The Balaban J connectivity index is 1.49. The van der Waals surface area contributed by atoms with Crippen molar-refractivity contribution in [2.24, 2.45) is 35.3 Å². The summed E-state index contributed by atoms with van der Waals surface area (Å²) < 4.78 is 0. The second-order valence-electron chi connectivity index (χ2n) is 6.81. The molecule has 0 aliphatic heterocycles. The van der Waals surface area contributed by atoms with Crippen molar-refractivity contribution in [3.05, 3.63) is 12.2 Å². The Bertz CT molecular complexity index is 385. The van der Waals surface area contributed by atoms with Crippen molar-refractivity contribution in [1.82, 2.24) is 15.2 Å². The summed E-state index contributed by atoms with van der Waals surface area (Å²) in [4.78, 5) is 4.21. The minimum atomic E-state index is 0.0510. The number of hydrogen-bond acceptors (Lipinski definition) is 3. The van der Waals surface area contributed by atoms with Crippen LogP contribution in [0.2, 0.25) is 0 Å². The van der Waals surface area contributed by atoms with E-state index >= 15 is 0 Å². The number of nitrogens with two attached hydrogens (primary N) is 1. The minimum Gasteiger partial charge on any atom is -0.321 e. The first-order valence-electron chi connectivity index (χ1n) is 7.40. The molecule has 4 heteroatoms. The van der Waals surface area contributed by atoms with Gasteiger partial charge in [-0.1, -0.05) is 0 Å². The van der Waals surface area contributed by atoms with Crippen molar-refractivity contribution in [1.29, 1.82) is 0 Å². The molecule has 4 aliphatic carbocycles. The lowest BCUT2D eigenvalue weighted by molar-refractivity contribution is -0.0423. The van der Waals surface area contributed by atoms with Crippen molar-refractivity contribution in [2.45, 2.75) is 44.6 Å². The second kappa shape index (κ2) is 4.05. The Morgan fingerprint density at radius 1 is 1.17 bits per heavy atom. The molecule has 0 radical (unpaired) electrons. The number of aromatic nitrogens is 3. The average Bonchev–Trinajstić information content (AvgIpc) is 2.86. The maximum atomic E-state index is 6.29. The number of nitrogens with zero attached hydrogens (tertiary/aromatic N) is 2. The van der Waals surface area contributed by atoms with Gasteiger partial charge in [0.15, 0.2) is 0 Å². The van der Waals surface area contributed by atoms with Crippen molar-refractivity contribution in [3.63, 3.8) is 0 Å². The molecule has 0 saturated heterocycles. The summed E-state index contributed by atoms with van der Waals surface area (Å²) in [5.41, 5.74) is 6.29. The van der Waals surface area contributed by atoms with E-state index in [4.69, 9.17) is 5.73 Å². The molecule has 1 unspecified atom stereocenters. The summed E-state index contributed by atoms with van der Waals surface area (Å²) in [6, 6.07) is 0.0510. The summed E-state index contributed by atoms with van der Waals surface area (Å²) in [6.07, 6.45) is 10.1. The number of H-pyrrole nitrogens is 1. The Hall–Kier alpha value is -0.900. The van der Waals surface area contributed by atoms with Crippen molar-refractivity contribution >= 4 is 0 Å². The quantitative estimate of drug-likeness (QED) is 0.859. The van der Waals surface area contributed by atoms with Gasteiger partial charge in [-0.05, 0) is 68.1 Å². The van der Waals surface area contributed by atoms with Crippen molar-refractivity contribution in [2.75, 3.05) is 0 Å². The molecule has 5 rings (SSSR count). The average molecular weight is 246 g/mol. The van der Waals surface area contributed by atoms with Gasteiger partial charge in [0, 0.05) is 0 Å². The molecule has 1 atom stereocenters. The van der Waals surface area contributed by atoms with Gasteiger partial charge in [-0.15, -0.1) is 0 Å². The molecule has 4 saturated carbocycles. The SMILES string of the molecule is NC(CC1C2CC3CC(C2)CC1C3)c1ncn[nH]1.